The van der Waals surface area contributed by atoms with Crippen molar-refractivity contribution in [2.45, 2.75) is 0 Å². The molecule has 150 valence electrons. The van der Waals surface area contributed by atoms with Gasteiger partial charge in [0.25, 0.3) is 5.69 Å². The number of nitrogens with zero attached hydrogens (tertiary/aromatic N) is 5. The van der Waals surface area contributed by atoms with Crippen LogP contribution in [0.5, 0.6) is 0 Å². The highest BCUT2D eigenvalue weighted by Gasteiger charge is 2.23. The van der Waals surface area contributed by atoms with E-state index in [4.69, 9.17) is 11.6 Å². The van der Waals surface area contributed by atoms with Crippen LogP contribution in [0.25, 0.3) is 16.1 Å². The average molecular weight is 539 g/mol. The molecule has 1 aromatic heterocycles. The smallest absolute Gasteiger partial charge is 0.258 e. The zero-order valence-corrected chi connectivity index (χ0v) is 19.5. The van der Waals surface area contributed by atoms with E-state index in [1.165, 1.54) is 57.4 Å². The lowest BCUT2D eigenvalue weighted by Gasteiger charge is -2.01. The third-order valence-corrected chi connectivity index (χ3v) is 7.70. The van der Waals surface area contributed by atoms with Gasteiger partial charge in [0.05, 0.1) is 31.4 Å². The van der Waals surface area contributed by atoms with E-state index in [0.717, 1.165) is 14.9 Å². The Morgan fingerprint density at radius 1 is 1.13 bits per heavy atom. The first-order valence-electron chi connectivity index (χ1n) is 8.21. The molecule has 2 heterocycles. The third-order valence-electron chi connectivity index (χ3n) is 3.80. The van der Waals surface area contributed by atoms with Crippen molar-refractivity contribution in [3.8, 4) is 10.4 Å². The fourth-order valence-corrected chi connectivity index (χ4v) is 5.87. The molecule has 1 aliphatic rings. The SMILES string of the molecule is O=[N+]([O-])c1ccc(N=N/C(=C2/SSN=C2Cl)c2ncc(-c3ccc(Br)cc3)s2)cc1. The maximum atomic E-state index is 10.8. The lowest BCUT2D eigenvalue weighted by atomic mass is 10.2. The summed E-state index contributed by atoms with van der Waals surface area (Å²) < 4.78 is 5.12. The number of thiazole rings is 1. The highest BCUT2D eigenvalue weighted by atomic mass is 79.9. The van der Waals surface area contributed by atoms with Crippen LogP contribution in [0.1, 0.15) is 5.01 Å². The molecule has 0 saturated heterocycles. The molecule has 0 radical (unpaired) electrons. The van der Waals surface area contributed by atoms with Crippen molar-refractivity contribution in [2.75, 3.05) is 0 Å². The summed E-state index contributed by atoms with van der Waals surface area (Å²) in [6, 6.07) is 13.8. The van der Waals surface area contributed by atoms with Gasteiger partial charge in [0, 0.05) is 22.8 Å². The fraction of sp³-hybridized carbons (Fsp3) is 0. The van der Waals surface area contributed by atoms with Crippen molar-refractivity contribution in [1.29, 1.82) is 0 Å². The molecule has 12 heteroatoms. The molecular formula is C18H9BrClN5O2S3. The van der Waals surface area contributed by atoms with Gasteiger partial charge in [-0.05, 0) is 40.6 Å². The van der Waals surface area contributed by atoms with Crippen LogP contribution in [0.4, 0.5) is 11.4 Å². The molecule has 0 atom stereocenters. The summed E-state index contributed by atoms with van der Waals surface area (Å²) in [6.07, 6.45) is 1.78. The van der Waals surface area contributed by atoms with E-state index >= 15 is 0 Å². The number of nitro benzene ring substituents is 1. The maximum absolute atomic E-state index is 10.8. The second-order valence-electron chi connectivity index (χ2n) is 5.73. The monoisotopic (exact) mass is 537 g/mol. The van der Waals surface area contributed by atoms with Crippen LogP contribution in [-0.2, 0) is 0 Å². The molecule has 1 aliphatic heterocycles. The number of azo groups is 1. The van der Waals surface area contributed by atoms with Crippen LogP contribution in [0.3, 0.4) is 0 Å². The highest BCUT2D eigenvalue weighted by Crippen LogP contribution is 2.46. The molecule has 0 N–H and O–H groups in total. The van der Waals surface area contributed by atoms with Crippen LogP contribution >= 0.6 is 60.6 Å². The minimum absolute atomic E-state index is 0.00971. The van der Waals surface area contributed by atoms with Gasteiger partial charge in [0.2, 0.25) is 0 Å². The fourth-order valence-electron chi connectivity index (χ4n) is 2.37. The average Bonchev–Trinajstić information content (AvgIpc) is 3.39. The van der Waals surface area contributed by atoms with Crippen LogP contribution in [-0.4, -0.2) is 15.1 Å². The van der Waals surface area contributed by atoms with Crippen molar-refractivity contribution in [1.82, 2.24) is 4.98 Å². The minimum atomic E-state index is -0.462. The van der Waals surface area contributed by atoms with Crippen LogP contribution < -0.4 is 0 Å². The van der Waals surface area contributed by atoms with Gasteiger partial charge in [-0.3, -0.25) is 10.1 Å². The van der Waals surface area contributed by atoms with Crippen molar-refractivity contribution in [3.05, 3.63) is 79.2 Å². The Kier molecular flexibility index (Phi) is 6.64. The van der Waals surface area contributed by atoms with Gasteiger partial charge in [-0.15, -0.1) is 16.5 Å². The summed E-state index contributed by atoms with van der Waals surface area (Å²) in [5.74, 6) is 0. The van der Waals surface area contributed by atoms with Gasteiger partial charge >= 0.3 is 0 Å². The molecule has 0 bridgehead atoms. The van der Waals surface area contributed by atoms with Crippen molar-refractivity contribution in [3.63, 3.8) is 0 Å². The summed E-state index contributed by atoms with van der Waals surface area (Å²) in [7, 11) is 2.63. The first-order valence-corrected chi connectivity index (χ1v) is 12.3. The molecule has 0 unspecified atom stereocenters. The lowest BCUT2D eigenvalue weighted by molar-refractivity contribution is -0.384. The molecule has 7 nitrogen and oxygen atoms in total. The van der Waals surface area contributed by atoms with Crippen molar-refractivity contribution < 1.29 is 4.92 Å². The number of non-ortho nitro benzene ring substituents is 1. The number of allylic oxidation sites excluding steroid dienone is 1. The molecule has 0 saturated carbocycles. The summed E-state index contributed by atoms with van der Waals surface area (Å²) >= 11 is 11.1. The number of halogens is 2. The van der Waals surface area contributed by atoms with Gasteiger partial charge in [-0.25, -0.2) is 4.98 Å². The van der Waals surface area contributed by atoms with Gasteiger partial charge in [0.15, 0.2) is 5.17 Å². The number of nitro groups is 1. The minimum Gasteiger partial charge on any atom is -0.258 e. The van der Waals surface area contributed by atoms with Crippen LogP contribution in [0.2, 0.25) is 0 Å². The Balaban J connectivity index is 1.69. The Labute approximate surface area is 196 Å². The molecule has 4 rings (SSSR count). The van der Waals surface area contributed by atoms with E-state index in [9.17, 15) is 10.1 Å². The molecule has 0 spiro atoms. The highest BCUT2D eigenvalue weighted by molar-refractivity contribution is 9.10. The summed E-state index contributed by atoms with van der Waals surface area (Å²) in [5.41, 5.74) is 2.01. The largest absolute Gasteiger partial charge is 0.269 e. The molecular weight excluding hydrogens is 530 g/mol. The van der Waals surface area contributed by atoms with E-state index in [0.29, 0.717) is 26.5 Å². The molecule has 3 aromatic rings. The predicted molar refractivity (Wildman–Crippen MR) is 128 cm³/mol. The Hall–Kier alpha value is -2.05. The number of aromatic nitrogens is 1. The number of hydrogen-bond donors (Lipinski definition) is 0. The van der Waals surface area contributed by atoms with Crippen molar-refractivity contribution >= 4 is 82.9 Å². The maximum Gasteiger partial charge on any atom is 0.269 e. The molecule has 2 aromatic carbocycles. The summed E-state index contributed by atoms with van der Waals surface area (Å²) in [4.78, 5) is 16.5. The Morgan fingerprint density at radius 3 is 2.50 bits per heavy atom. The predicted octanol–water partition coefficient (Wildman–Crippen LogP) is 7.88. The quantitative estimate of drug-likeness (QED) is 0.108. The normalized spacial score (nSPS) is 15.5. The van der Waals surface area contributed by atoms with E-state index in [-0.39, 0.29) is 5.69 Å². The van der Waals surface area contributed by atoms with Gasteiger partial charge in [0.1, 0.15) is 10.7 Å². The Morgan fingerprint density at radius 2 is 1.87 bits per heavy atom. The third kappa shape index (κ3) is 4.81. The van der Waals surface area contributed by atoms with Gasteiger partial charge in [-0.1, -0.05) is 39.7 Å². The van der Waals surface area contributed by atoms with E-state index in [1.54, 1.807) is 6.20 Å². The molecule has 30 heavy (non-hydrogen) atoms. The molecule has 0 aliphatic carbocycles. The number of hydrogen-bond acceptors (Lipinski definition) is 9. The second kappa shape index (κ2) is 9.40. The first kappa shape index (κ1) is 21.2. The zero-order chi connectivity index (χ0) is 21.1. The van der Waals surface area contributed by atoms with Crippen LogP contribution in [0, 0.1) is 10.1 Å². The molecule has 0 fully saturated rings. The first-order chi connectivity index (χ1) is 14.5. The van der Waals surface area contributed by atoms with Gasteiger partial charge < -0.3 is 0 Å². The summed E-state index contributed by atoms with van der Waals surface area (Å²) in [5, 5.41) is 20.4. The lowest BCUT2D eigenvalue weighted by Crippen LogP contribution is -1.90. The standard InChI is InChI=1S/C18H9BrClN5O2S3/c19-11-3-1-10(2-4-11)14-9-21-18(28-14)15(16-17(20)24-30-29-16)23-22-12-5-7-13(8-6-12)25(26)27/h1-9H/b16-15+,23-22?. The van der Waals surface area contributed by atoms with E-state index in [2.05, 4.69) is 35.5 Å². The number of rotatable bonds is 5. The Bertz CT molecular complexity index is 1190. The molecule has 0 amide bonds. The zero-order valence-electron chi connectivity index (χ0n) is 14.7. The second-order valence-corrected chi connectivity index (χ2v) is 9.89. The van der Waals surface area contributed by atoms with Crippen molar-refractivity contribution in [2.24, 2.45) is 14.6 Å². The number of benzene rings is 2. The van der Waals surface area contributed by atoms with E-state index in [1.807, 2.05) is 24.3 Å². The summed E-state index contributed by atoms with van der Waals surface area (Å²) in [6.45, 7) is 0. The van der Waals surface area contributed by atoms with Crippen LogP contribution in [0.15, 0.2) is 78.7 Å². The van der Waals surface area contributed by atoms with Gasteiger partial charge in [-0.2, -0.15) is 9.51 Å². The topological polar surface area (TPSA) is 93.1 Å². The van der Waals surface area contributed by atoms with E-state index < -0.39 is 4.92 Å².